The Balaban J connectivity index is 2.37. The van der Waals surface area contributed by atoms with Crippen molar-refractivity contribution in [1.29, 1.82) is 5.26 Å². The van der Waals surface area contributed by atoms with Gasteiger partial charge < -0.3 is 14.8 Å². The van der Waals surface area contributed by atoms with E-state index in [-0.39, 0.29) is 18.3 Å². The van der Waals surface area contributed by atoms with Crippen molar-refractivity contribution >= 4 is 0 Å². The van der Waals surface area contributed by atoms with Crippen LogP contribution < -0.4 is 14.8 Å². The van der Waals surface area contributed by atoms with Crippen LogP contribution in [0.15, 0.2) is 12.1 Å². The monoisotopic (exact) mass is 293 g/mol. The standard InChI is InChI=1S/C15H20FN3O2/c1-20-14-9-11(12(16)10-15(14)21-2)13(3-4-17)19-7-5-18-6-8-19/h9-10,13,18H,3,5-8H2,1-2H3/t13-/m0/s1. The molecule has 1 heterocycles. The number of hydrogen-bond acceptors (Lipinski definition) is 5. The topological polar surface area (TPSA) is 57.5 Å². The third kappa shape index (κ3) is 3.43. The molecule has 5 nitrogen and oxygen atoms in total. The molecule has 1 N–H and O–H groups in total. The van der Waals surface area contributed by atoms with Gasteiger partial charge in [-0.1, -0.05) is 0 Å². The molecule has 0 bridgehead atoms. The van der Waals surface area contributed by atoms with E-state index in [0.717, 1.165) is 26.2 Å². The second-order valence-electron chi connectivity index (χ2n) is 4.89. The molecule has 0 saturated carbocycles. The quantitative estimate of drug-likeness (QED) is 0.895. The van der Waals surface area contributed by atoms with Gasteiger partial charge in [0.1, 0.15) is 5.82 Å². The molecule has 1 atom stereocenters. The maximum absolute atomic E-state index is 14.4. The number of nitriles is 1. The lowest BCUT2D eigenvalue weighted by Gasteiger charge is -2.34. The van der Waals surface area contributed by atoms with Gasteiger partial charge in [-0.25, -0.2) is 4.39 Å². The van der Waals surface area contributed by atoms with E-state index in [4.69, 9.17) is 14.7 Å². The van der Waals surface area contributed by atoms with E-state index in [1.165, 1.54) is 20.3 Å². The molecule has 0 unspecified atom stereocenters. The zero-order valence-corrected chi connectivity index (χ0v) is 12.4. The first-order valence-electron chi connectivity index (χ1n) is 6.94. The van der Waals surface area contributed by atoms with Crippen LogP contribution in [0.2, 0.25) is 0 Å². The highest BCUT2D eigenvalue weighted by atomic mass is 19.1. The van der Waals surface area contributed by atoms with Gasteiger partial charge in [0.05, 0.1) is 32.8 Å². The summed E-state index contributed by atoms with van der Waals surface area (Å²) in [5, 5.41) is 12.3. The lowest BCUT2D eigenvalue weighted by molar-refractivity contribution is 0.172. The number of piperazine rings is 1. The van der Waals surface area contributed by atoms with Gasteiger partial charge in [0, 0.05) is 37.8 Å². The van der Waals surface area contributed by atoms with Crippen LogP contribution in [0.4, 0.5) is 4.39 Å². The van der Waals surface area contributed by atoms with Crippen molar-refractivity contribution in [3.8, 4) is 17.6 Å². The van der Waals surface area contributed by atoms with E-state index in [1.54, 1.807) is 6.07 Å². The second-order valence-corrected chi connectivity index (χ2v) is 4.89. The van der Waals surface area contributed by atoms with Crippen molar-refractivity contribution in [2.45, 2.75) is 12.5 Å². The van der Waals surface area contributed by atoms with E-state index in [2.05, 4.69) is 16.3 Å². The maximum atomic E-state index is 14.4. The molecule has 0 radical (unpaired) electrons. The largest absolute Gasteiger partial charge is 0.493 e. The van der Waals surface area contributed by atoms with Crippen LogP contribution in [0, 0.1) is 17.1 Å². The minimum atomic E-state index is -0.369. The first-order chi connectivity index (χ1) is 10.2. The third-order valence-corrected chi connectivity index (χ3v) is 3.74. The minimum absolute atomic E-state index is 0.242. The molecule has 1 fully saturated rings. The lowest BCUT2D eigenvalue weighted by atomic mass is 10.0. The van der Waals surface area contributed by atoms with E-state index in [1.807, 2.05) is 0 Å². The second kappa shape index (κ2) is 7.25. The molecule has 2 rings (SSSR count). The number of rotatable bonds is 5. The number of methoxy groups -OCH3 is 2. The molecule has 1 saturated heterocycles. The molecule has 1 aliphatic rings. The van der Waals surface area contributed by atoms with Gasteiger partial charge in [0.15, 0.2) is 11.5 Å². The van der Waals surface area contributed by atoms with Crippen molar-refractivity contribution in [2.24, 2.45) is 0 Å². The summed E-state index contributed by atoms with van der Waals surface area (Å²) in [4.78, 5) is 2.13. The molecule has 21 heavy (non-hydrogen) atoms. The molecule has 0 amide bonds. The summed E-state index contributed by atoms with van der Waals surface area (Å²) in [6.45, 7) is 3.27. The van der Waals surface area contributed by atoms with Crippen LogP contribution in [0.5, 0.6) is 11.5 Å². The van der Waals surface area contributed by atoms with E-state index in [9.17, 15) is 4.39 Å². The summed E-state index contributed by atoms with van der Waals surface area (Å²) < 4.78 is 24.7. The van der Waals surface area contributed by atoms with Gasteiger partial charge in [-0.3, -0.25) is 4.90 Å². The van der Waals surface area contributed by atoms with E-state index >= 15 is 0 Å². The first kappa shape index (κ1) is 15.5. The molecule has 0 aromatic heterocycles. The fourth-order valence-electron chi connectivity index (χ4n) is 2.64. The normalized spacial score (nSPS) is 17.0. The average Bonchev–Trinajstić information content (AvgIpc) is 2.53. The van der Waals surface area contributed by atoms with Crippen LogP contribution in [0.25, 0.3) is 0 Å². The summed E-state index contributed by atoms with van der Waals surface area (Å²) in [7, 11) is 2.99. The van der Waals surface area contributed by atoms with Crippen LogP contribution >= 0.6 is 0 Å². The zero-order chi connectivity index (χ0) is 15.2. The van der Waals surface area contributed by atoms with Crippen molar-refractivity contribution in [2.75, 3.05) is 40.4 Å². The summed E-state index contributed by atoms with van der Waals surface area (Å²) in [6.07, 6.45) is 0.242. The van der Waals surface area contributed by atoms with Gasteiger partial charge in [-0.05, 0) is 6.07 Å². The maximum Gasteiger partial charge on any atom is 0.163 e. The van der Waals surface area contributed by atoms with Gasteiger partial charge in [-0.2, -0.15) is 5.26 Å². The number of nitrogens with one attached hydrogen (secondary N) is 1. The van der Waals surface area contributed by atoms with Crippen LogP contribution in [0.3, 0.4) is 0 Å². The molecule has 1 aromatic rings. The van der Waals surface area contributed by atoms with Crippen molar-refractivity contribution in [3.63, 3.8) is 0 Å². The van der Waals surface area contributed by atoms with E-state index in [0.29, 0.717) is 17.1 Å². The number of ether oxygens (including phenoxy) is 2. The highest BCUT2D eigenvalue weighted by Gasteiger charge is 2.26. The molecule has 6 heteroatoms. The van der Waals surface area contributed by atoms with Gasteiger partial charge in [-0.15, -0.1) is 0 Å². The van der Waals surface area contributed by atoms with Crippen LogP contribution in [-0.4, -0.2) is 45.3 Å². The Morgan fingerprint density at radius 3 is 2.48 bits per heavy atom. The Hall–Kier alpha value is -1.84. The molecular weight excluding hydrogens is 273 g/mol. The Kier molecular flexibility index (Phi) is 5.37. The number of halogens is 1. The number of nitrogens with zero attached hydrogens (tertiary/aromatic N) is 2. The molecular formula is C15H20FN3O2. The SMILES string of the molecule is COc1cc(F)c([C@H](CC#N)N2CCNCC2)cc1OC. The smallest absolute Gasteiger partial charge is 0.163 e. The fourth-order valence-corrected chi connectivity index (χ4v) is 2.64. The van der Waals surface area contributed by atoms with E-state index < -0.39 is 0 Å². The summed E-state index contributed by atoms with van der Waals surface area (Å²) in [6, 6.07) is 4.85. The zero-order valence-electron chi connectivity index (χ0n) is 12.4. The minimum Gasteiger partial charge on any atom is -0.493 e. The van der Waals surface area contributed by atoms with Crippen molar-refractivity contribution < 1.29 is 13.9 Å². The van der Waals surface area contributed by atoms with Crippen LogP contribution in [-0.2, 0) is 0 Å². The predicted octanol–water partition coefficient (Wildman–Crippen LogP) is 1.70. The third-order valence-electron chi connectivity index (χ3n) is 3.74. The Bertz CT molecular complexity index is 524. The summed E-state index contributed by atoms with van der Waals surface area (Å²) >= 11 is 0. The number of benzene rings is 1. The summed E-state index contributed by atoms with van der Waals surface area (Å²) in [5.74, 6) is 0.466. The average molecular weight is 293 g/mol. The molecule has 1 aromatic carbocycles. The van der Waals surface area contributed by atoms with Crippen molar-refractivity contribution in [1.82, 2.24) is 10.2 Å². The molecule has 114 valence electrons. The molecule has 0 spiro atoms. The first-order valence-corrected chi connectivity index (χ1v) is 6.94. The predicted molar refractivity (Wildman–Crippen MR) is 76.9 cm³/mol. The number of hydrogen-bond donors (Lipinski definition) is 1. The van der Waals surface area contributed by atoms with Crippen molar-refractivity contribution in [3.05, 3.63) is 23.5 Å². The Morgan fingerprint density at radius 1 is 1.29 bits per heavy atom. The van der Waals surface area contributed by atoms with Gasteiger partial charge in [0.25, 0.3) is 0 Å². The Morgan fingerprint density at radius 2 is 1.90 bits per heavy atom. The summed E-state index contributed by atoms with van der Waals surface area (Å²) in [5.41, 5.74) is 0.483. The van der Waals surface area contributed by atoms with Crippen LogP contribution in [0.1, 0.15) is 18.0 Å². The highest BCUT2D eigenvalue weighted by Crippen LogP contribution is 2.35. The fraction of sp³-hybridized carbons (Fsp3) is 0.533. The lowest BCUT2D eigenvalue weighted by Crippen LogP contribution is -2.45. The van der Waals surface area contributed by atoms with Gasteiger partial charge >= 0.3 is 0 Å². The Labute approximate surface area is 124 Å². The van der Waals surface area contributed by atoms with Gasteiger partial charge in [0.2, 0.25) is 0 Å². The molecule has 1 aliphatic heterocycles. The highest BCUT2D eigenvalue weighted by molar-refractivity contribution is 5.45. The molecule has 0 aliphatic carbocycles.